The second-order valence-electron chi connectivity index (χ2n) is 4.60. The summed E-state index contributed by atoms with van der Waals surface area (Å²) in [5.41, 5.74) is 4.93. The average molecular weight is 240 g/mol. The lowest BCUT2D eigenvalue weighted by atomic mass is 10.1. The molecule has 2 aromatic rings. The van der Waals surface area contributed by atoms with Crippen LogP contribution >= 0.6 is 0 Å². The lowest BCUT2D eigenvalue weighted by Crippen LogP contribution is -2.06. The summed E-state index contributed by atoms with van der Waals surface area (Å²) in [5.74, 6) is 0. The zero-order valence-electron chi connectivity index (χ0n) is 11.1. The van der Waals surface area contributed by atoms with Crippen LogP contribution in [0.5, 0.6) is 0 Å². The molecule has 18 heavy (non-hydrogen) atoms. The molecule has 2 heteroatoms. The van der Waals surface area contributed by atoms with E-state index in [-0.39, 0.29) is 0 Å². The number of hydrogen-bond acceptors (Lipinski definition) is 2. The van der Waals surface area contributed by atoms with Crippen LogP contribution in [0, 0.1) is 13.8 Å². The highest BCUT2D eigenvalue weighted by atomic mass is 14.9. The number of anilines is 1. The molecule has 1 N–H and O–H groups in total. The minimum atomic E-state index is 0.988. The summed E-state index contributed by atoms with van der Waals surface area (Å²) in [6.45, 7) is 5.16. The number of pyridine rings is 1. The fraction of sp³-hybridized carbons (Fsp3) is 0.312. The molecule has 0 amide bonds. The summed E-state index contributed by atoms with van der Waals surface area (Å²) in [6.07, 6.45) is 4.11. The first kappa shape index (κ1) is 12.6. The van der Waals surface area contributed by atoms with Gasteiger partial charge in [-0.3, -0.25) is 4.98 Å². The van der Waals surface area contributed by atoms with Gasteiger partial charge in [0.1, 0.15) is 0 Å². The van der Waals surface area contributed by atoms with Crippen LogP contribution in [0.1, 0.15) is 23.2 Å². The number of rotatable bonds is 5. The Morgan fingerprint density at radius 1 is 1.06 bits per heavy atom. The third kappa shape index (κ3) is 3.33. The Morgan fingerprint density at radius 3 is 2.56 bits per heavy atom. The van der Waals surface area contributed by atoms with Crippen molar-refractivity contribution in [3.8, 4) is 0 Å². The summed E-state index contributed by atoms with van der Waals surface area (Å²) in [6, 6.07) is 12.7. The minimum Gasteiger partial charge on any atom is -0.383 e. The van der Waals surface area contributed by atoms with Crippen LogP contribution in [0.25, 0.3) is 0 Å². The van der Waals surface area contributed by atoms with Crippen molar-refractivity contribution in [2.45, 2.75) is 26.7 Å². The Balaban J connectivity index is 1.82. The van der Waals surface area contributed by atoms with E-state index in [2.05, 4.69) is 47.6 Å². The molecule has 0 fully saturated rings. The van der Waals surface area contributed by atoms with E-state index in [1.54, 1.807) is 0 Å². The fourth-order valence-electron chi connectivity index (χ4n) is 2.11. The van der Waals surface area contributed by atoms with E-state index in [0.29, 0.717) is 0 Å². The molecule has 0 bridgehead atoms. The van der Waals surface area contributed by atoms with E-state index in [1.165, 1.54) is 16.8 Å². The Bertz CT molecular complexity index is 471. The zero-order valence-corrected chi connectivity index (χ0v) is 11.1. The Hall–Kier alpha value is -1.83. The van der Waals surface area contributed by atoms with Crippen molar-refractivity contribution in [3.63, 3.8) is 0 Å². The normalized spacial score (nSPS) is 10.3. The van der Waals surface area contributed by atoms with Gasteiger partial charge in [0.15, 0.2) is 0 Å². The van der Waals surface area contributed by atoms with E-state index in [9.17, 15) is 0 Å². The van der Waals surface area contributed by atoms with E-state index < -0.39 is 0 Å². The number of aromatic nitrogens is 1. The first-order valence-electron chi connectivity index (χ1n) is 6.47. The van der Waals surface area contributed by atoms with Gasteiger partial charge in [-0.05, 0) is 43.9 Å². The van der Waals surface area contributed by atoms with E-state index in [4.69, 9.17) is 0 Å². The fourth-order valence-corrected chi connectivity index (χ4v) is 2.11. The number of aryl methyl sites for hydroxylation is 3. The Labute approximate surface area is 109 Å². The van der Waals surface area contributed by atoms with Crippen molar-refractivity contribution in [1.82, 2.24) is 4.98 Å². The molecule has 1 heterocycles. The number of benzene rings is 1. The molecule has 0 atom stereocenters. The summed E-state index contributed by atoms with van der Waals surface area (Å²) in [5, 5.41) is 3.49. The molecule has 0 aliphatic carbocycles. The predicted octanol–water partition coefficient (Wildman–Crippen LogP) is 3.74. The molecular weight excluding hydrogens is 220 g/mol. The van der Waals surface area contributed by atoms with Gasteiger partial charge in [-0.1, -0.05) is 30.3 Å². The van der Waals surface area contributed by atoms with Crippen LogP contribution in [0.3, 0.4) is 0 Å². The van der Waals surface area contributed by atoms with Crippen LogP contribution in [0.4, 0.5) is 5.69 Å². The lowest BCUT2D eigenvalue weighted by Gasteiger charge is -2.11. The largest absolute Gasteiger partial charge is 0.383 e. The maximum atomic E-state index is 4.31. The smallest absolute Gasteiger partial charge is 0.0606 e. The second-order valence-corrected chi connectivity index (χ2v) is 4.60. The standard InChI is InChI=1S/C16H20N2/c1-13-10-12-17-14(2)16(13)18-11-6-9-15-7-4-3-5-8-15/h3-5,7-8,10,12,18H,6,9,11H2,1-2H3. The van der Waals surface area contributed by atoms with Gasteiger partial charge in [0.25, 0.3) is 0 Å². The number of hydrogen-bond donors (Lipinski definition) is 1. The maximum absolute atomic E-state index is 4.31. The van der Waals surface area contributed by atoms with Gasteiger partial charge < -0.3 is 5.32 Å². The van der Waals surface area contributed by atoms with Gasteiger partial charge in [0, 0.05) is 12.7 Å². The molecule has 94 valence electrons. The number of nitrogens with one attached hydrogen (secondary N) is 1. The van der Waals surface area contributed by atoms with Gasteiger partial charge in [0.05, 0.1) is 11.4 Å². The number of nitrogens with zero attached hydrogens (tertiary/aromatic N) is 1. The monoisotopic (exact) mass is 240 g/mol. The van der Waals surface area contributed by atoms with Crippen molar-refractivity contribution in [3.05, 3.63) is 59.4 Å². The molecule has 0 saturated heterocycles. The van der Waals surface area contributed by atoms with Gasteiger partial charge in [-0.2, -0.15) is 0 Å². The molecule has 0 aliphatic heterocycles. The molecule has 0 spiro atoms. The summed E-state index contributed by atoms with van der Waals surface area (Å²) < 4.78 is 0. The summed E-state index contributed by atoms with van der Waals surface area (Å²) in [7, 11) is 0. The van der Waals surface area contributed by atoms with Crippen LogP contribution < -0.4 is 5.32 Å². The van der Waals surface area contributed by atoms with Crippen molar-refractivity contribution < 1.29 is 0 Å². The highest BCUT2D eigenvalue weighted by Gasteiger charge is 2.01. The SMILES string of the molecule is Cc1ccnc(C)c1NCCCc1ccccc1. The van der Waals surface area contributed by atoms with Crippen LogP contribution in [0.15, 0.2) is 42.6 Å². The summed E-state index contributed by atoms with van der Waals surface area (Å²) >= 11 is 0. The molecule has 2 rings (SSSR count). The predicted molar refractivity (Wildman–Crippen MR) is 77.0 cm³/mol. The molecular formula is C16H20N2. The van der Waals surface area contributed by atoms with E-state index in [0.717, 1.165) is 25.1 Å². The highest BCUT2D eigenvalue weighted by Crippen LogP contribution is 2.17. The van der Waals surface area contributed by atoms with Crippen LogP contribution in [-0.4, -0.2) is 11.5 Å². The van der Waals surface area contributed by atoms with Crippen LogP contribution in [-0.2, 0) is 6.42 Å². The second kappa shape index (κ2) is 6.20. The van der Waals surface area contributed by atoms with Gasteiger partial charge in [-0.15, -0.1) is 0 Å². The van der Waals surface area contributed by atoms with Crippen molar-refractivity contribution in [2.75, 3.05) is 11.9 Å². The first-order chi connectivity index (χ1) is 8.77. The minimum absolute atomic E-state index is 0.988. The topological polar surface area (TPSA) is 24.9 Å². The summed E-state index contributed by atoms with van der Waals surface area (Å²) in [4.78, 5) is 4.31. The Morgan fingerprint density at radius 2 is 1.83 bits per heavy atom. The van der Waals surface area contributed by atoms with E-state index >= 15 is 0 Å². The van der Waals surface area contributed by atoms with Gasteiger partial charge >= 0.3 is 0 Å². The quantitative estimate of drug-likeness (QED) is 0.805. The van der Waals surface area contributed by atoms with Crippen molar-refractivity contribution >= 4 is 5.69 Å². The molecule has 0 saturated carbocycles. The van der Waals surface area contributed by atoms with Crippen molar-refractivity contribution in [2.24, 2.45) is 0 Å². The maximum Gasteiger partial charge on any atom is 0.0606 e. The molecule has 1 aromatic carbocycles. The third-order valence-corrected chi connectivity index (χ3v) is 3.14. The van der Waals surface area contributed by atoms with Gasteiger partial charge in [0.2, 0.25) is 0 Å². The third-order valence-electron chi connectivity index (χ3n) is 3.14. The van der Waals surface area contributed by atoms with Gasteiger partial charge in [-0.25, -0.2) is 0 Å². The highest BCUT2D eigenvalue weighted by molar-refractivity contribution is 5.53. The molecule has 0 radical (unpaired) electrons. The molecule has 2 nitrogen and oxygen atoms in total. The lowest BCUT2D eigenvalue weighted by molar-refractivity contribution is 0.860. The van der Waals surface area contributed by atoms with Crippen LogP contribution in [0.2, 0.25) is 0 Å². The first-order valence-corrected chi connectivity index (χ1v) is 6.47. The van der Waals surface area contributed by atoms with E-state index in [1.807, 2.05) is 19.2 Å². The van der Waals surface area contributed by atoms with Crippen molar-refractivity contribution in [1.29, 1.82) is 0 Å². The molecule has 0 aliphatic rings. The average Bonchev–Trinajstić information content (AvgIpc) is 2.38. The Kier molecular flexibility index (Phi) is 4.35. The zero-order chi connectivity index (χ0) is 12.8. The molecule has 1 aromatic heterocycles. The molecule has 0 unspecified atom stereocenters.